The number of esters is 1. The fourth-order valence-corrected chi connectivity index (χ4v) is 4.15. The Labute approximate surface area is 150 Å². The molecule has 1 N–H and O–H groups in total. The minimum atomic E-state index is -0.423. The van der Waals surface area contributed by atoms with E-state index in [9.17, 15) is 4.79 Å². The Kier molecular flexibility index (Phi) is 6.09. The molecular formula is C21H28N2O2. The number of carbonyl (C=O) groups excluding carboxylic acids is 1. The number of ether oxygens (including phenoxy) is 1. The Hall–Kier alpha value is -1.86. The molecule has 1 saturated carbocycles. The van der Waals surface area contributed by atoms with E-state index in [1.807, 2.05) is 24.3 Å². The Morgan fingerprint density at radius 3 is 2.48 bits per heavy atom. The molecule has 0 spiro atoms. The van der Waals surface area contributed by atoms with Crippen LogP contribution >= 0.6 is 0 Å². The standard InChI is InChI=1S/C21H28N2O2/c22-15-18-8-6-17(7-9-18)14-21(10-12-23-13-11-21)20(24)25-16-19-4-2-1-3-5-19/h6-9,19,23H,1-5,10-14,16H2. The van der Waals surface area contributed by atoms with Crippen LogP contribution < -0.4 is 5.32 Å². The van der Waals surface area contributed by atoms with E-state index in [0.29, 0.717) is 24.5 Å². The van der Waals surface area contributed by atoms with E-state index in [-0.39, 0.29) is 5.97 Å². The fraction of sp³-hybridized carbons (Fsp3) is 0.619. The maximum absolute atomic E-state index is 13.0. The molecule has 4 nitrogen and oxygen atoms in total. The van der Waals surface area contributed by atoms with Crippen molar-refractivity contribution in [3.63, 3.8) is 0 Å². The highest BCUT2D eigenvalue weighted by atomic mass is 16.5. The summed E-state index contributed by atoms with van der Waals surface area (Å²) in [4.78, 5) is 13.0. The van der Waals surface area contributed by atoms with Crippen molar-refractivity contribution < 1.29 is 9.53 Å². The van der Waals surface area contributed by atoms with E-state index >= 15 is 0 Å². The van der Waals surface area contributed by atoms with Gasteiger partial charge in [0.1, 0.15) is 0 Å². The molecule has 1 aromatic rings. The second kappa shape index (κ2) is 8.49. The molecular weight excluding hydrogens is 312 g/mol. The van der Waals surface area contributed by atoms with E-state index in [4.69, 9.17) is 10.00 Å². The molecule has 1 saturated heterocycles. The lowest BCUT2D eigenvalue weighted by atomic mass is 9.74. The summed E-state index contributed by atoms with van der Waals surface area (Å²) in [6, 6.07) is 9.74. The summed E-state index contributed by atoms with van der Waals surface area (Å²) in [6.07, 6.45) is 8.57. The molecule has 1 heterocycles. The van der Waals surface area contributed by atoms with Gasteiger partial charge in [-0.1, -0.05) is 31.4 Å². The predicted molar refractivity (Wildman–Crippen MR) is 96.9 cm³/mol. The third kappa shape index (κ3) is 4.61. The number of nitriles is 1. The first kappa shape index (κ1) is 17.9. The van der Waals surface area contributed by atoms with Gasteiger partial charge in [-0.3, -0.25) is 4.79 Å². The summed E-state index contributed by atoms with van der Waals surface area (Å²) in [5, 5.41) is 12.3. The lowest BCUT2D eigenvalue weighted by molar-refractivity contribution is -0.159. The number of carbonyl (C=O) groups is 1. The van der Waals surface area contributed by atoms with Gasteiger partial charge in [0.05, 0.1) is 23.7 Å². The molecule has 25 heavy (non-hydrogen) atoms. The van der Waals surface area contributed by atoms with Crippen LogP contribution in [-0.2, 0) is 16.0 Å². The molecule has 0 bridgehead atoms. The first-order valence-corrected chi connectivity index (χ1v) is 9.59. The van der Waals surface area contributed by atoms with Gasteiger partial charge in [-0.25, -0.2) is 0 Å². The van der Waals surface area contributed by atoms with Gasteiger partial charge in [-0.2, -0.15) is 5.26 Å². The normalized spacial score (nSPS) is 20.6. The first-order valence-electron chi connectivity index (χ1n) is 9.59. The van der Waals surface area contributed by atoms with Gasteiger partial charge in [-0.15, -0.1) is 0 Å². The molecule has 0 atom stereocenters. The number of rotatable bonds is 5. The summed E-state index contributed by atoms with van der Waals surface area (Å²) < 4.78 is 5.82. The highest BCUT2D eigenvalue weighted by Crippen LogP contribution is 2.35. The first-order chi connectivity index (χ1) is 12.2. The molecule has 1 aliphatic heterocycles. The van der Waals surface area contributed by atoms with Crippen molar-refractivity contribution in [3.8, 4) is 6.07 Å². The Balaban J connectivity index is 1.66. The predicted octanol–water partition coefficient (Wildman–Crippen LogP) is 3.59. The van der Waals surface area contributed by atoms with Gasteiger partial charge >= 0.3 is 5.97 Å². The zero-order chi connectivity index (χ0) is 17.5. The van der Waals surface area contributed by atoms with Crippen LogP contribution in [0, 0.1) is 22.7 Å². The highest BCUT2D eigenvalue weighted by molar-refractivity contribution is 5.77. The van der Waals surface area contributed by atoms with Gasteiger partial charge in [0.2, 0.25) is 0 Å². The highest BCUT2D eigenvalue weighted by Gasteiger charge is 2.41. The molecule has 0 radical (unpaired) electrons. The van der Waals surface area contributed by atoms with E-state index in [1.165, 1.54) is 32.1 Å². The maximum Gasteiger partial charge on any atom is 0.312 e. The van der Waals surface area contributed by atoms with Crippen molar-refractivity contribution in [3.05, 3.63) is 35.4 Å². The molecule has 0 aromatic heterocycles. The summed E-state index contributed by atoms with van der Waals surface area (Å²) >= 11 is 0. The minimum absolute atomic E-state index is 0.0241. The average molecular weight is 340 g/mol. The molecule has 2 aliphatic rings. The fourth-order valence-electron chi connectivity index (χ4n) is 4.15. The second-order valence-electron chi connectivity index (χ2n) is 7.62. The van der Waals surface area contributed by atoms with Crippen LogP contribution in [0.15, 0.2) is 24.3 Å². The SMILES string of the molecule is N#Cc1ccc(CC2(C(=O)OCC3CCCCC3)CCNCC2)cc1. The summed E-state index contributed by atoms with van der Waals surface area (Å²) in [7, 11) is 0. The third-order valence-corrected chi connectivity index (χ3v) is 5.79. The zero-order valence-corrected chi connectivity index (χ0v) is 14.9. The number of piperidine rings is 1. The van der Waals surface area contributed by atoms with E-state index in [2.05, 4.69) is 11.4 Å². The summed E-state index contributed by atoms with van der Waals surface area (Å²) in [5.41, 5.74) is 1.34. The molecule has 134 valence electrons. The van der Waals surface area contributed by atoms with Gasteiger partial charge in [-0.05, 0) is 68.8 Å². The van der Waals surface area contributed by atoms with Crippen LogP contribution in [0.3, 0.4) is 0 Å². The van der Waals surface area contributed by atoms with Gasteiger partial charge in [0.25, 0.3) is 0 Å². The molecule has 1 aliphatic carbocycles. The number of hydrogen-bond donors (Lipinski definition) is 1. The number of benzene rings is 1. The minimum Gasteiger partial charge on any atom is -0.465 e. The van der Waals surface area contributed by atoms with Crippen LogP contribution in [0.1, 0.15) is 56.1 Å². The molecule has 4 heteroatoms. The van der Waals surface area contributed by atoms with E-state index in [1.54, 1.807) is 0 Å². The lowest BCUT2D eigenvalue weighted by Crippen LogP contribution is -2.45. The van der Waals surface area contributed by atoms with Crippen molar-refractivity contribution in [2.75, 3.05) is 19.7 Å². The van der Waals surface area contributed by atoms with Crippen LogP contribution in [0.25, 0.3) is 0 Å². The summed E-state index contributed by atoms with van der Waals surface area (Å²) in [5.74, 6) is 0.523. The monoisotopic (exact) mass is 340 g/mol. The van der Waals surface area contributed by atoms with Gasteiger partial charge < -0.3 is 10.1 Å². The second-order valence-corrected chi connectivity index (χ2v) is 7.62. The van der Waals surface area contributed by atoms with Crippen molar-refractivity contribution >= 4 is 5.97 Å². The van der Waals surface area contributed by atoms with Crippen molar-refractivity contribution in [2.24, 2.45) is 11.3 Å². The average Bonchev–Trinajstić information content (AvgIpc) is 2.68. The molecule has 0 amide bonds. The van der Waals surface area contributed by atoms with Crippen molar-refractivity contribution in [2.45, 2.75) is 51.4 Å². The molecule has 3 rings (SSSR count). The molecule has 2 fully saturated rings. The van der Waals surface area contributed by atoms with Gasteiger partial charge in [0.15, 0.2) is 0 Å². The van der Waals surface area contributed by atoms with E-state index < -0.39 is 5.41 Å². The lowest BCUT2D eigenvalue weighted by Gasteiger charge is -2.36. The van der Waals surface area contributed by atoms with Crippen LogP contribution in [0.4, 0.5) is 0 Å². The van der Waals surface area contributed by atoms with Crippen LogP contribution in [0.2, 0.25) is 0 Å². The van der Waals surface area contributed by atoms with Crippen LogP contribution in [-0.4, -0.2) is 25.7 Å². The Bertz CT molecular complexity index is 606. The smallest absolute Gasteiger partial charge is 0.312 e. The van der Waals surface area contributed by atoms with Crippen molar-refractivity contribution in [1.29, 1.82) is 5.26 Å². The topological polar surface area (TPSA) is 62.1 Å². The molecule has 0 unspecified atom stereocenters. The molecule has 1 aromatic carbocycles. The van der Waals surface area contributed by atoms with Crippen molar-refractivity contribution in [1.82, 2.24) is 5.32 Å². The number of nitrogens with zero attached hydrogens (tertiary/aromatic N) is 1. The Morgan fingerprint density at radius 1 is 1.16 bits per heavy atom. The number of nitrogens with one attached hydrogen (secondary N) is 1. The number of hydrogen-bond acceptors (Lipinski definition) is 4. The largest absolute Gasteiger partial charge is 0.465 e. The third-order valence-electron chi connectivity index (χ3n) is 5.79. The quantitative estimate of drug-likeness (QED) is 0.832. The van der Waals surface area contributed by atoms with E-state index in [0.717, 1.165) is 31.5 Å². The van der Waals surface area contributed by atoms with Crippen LogP contribution in [0.5, 0.6) is 0 Å². The zero-order valence-electron chi connectivity index (χ0n) is 14.9. The summed E-state index contributed by atoms with van der Waals surface area (Å²) in [6.45, 7) is 2.30. The maximum atomic E-state index is 13.0. The Morgan fingerprint density at radius 2 is 1.84 bits per heavy atom. The van der Waals surface area contributed by atoms with Gasteiger partial charge in [0, 0.05) is 0 Å².